The first-order chi connectivity index (χ1) is 16.8. The van der Waals surface area contributed by atoms with Crippen molar-refractivity contribution in [2.45, 2.75) is 31.3 Å². The number of halogens is 1. The van der Waals surface area contributed by atoms with Crippen molar-refractivity contribution in [2.75, 3.05) is 5.75 Å². The predicted molar refractivity (Wildman–Crippen MR) is 146 cm³/mol. The smallest absolute Gasteiger partial charge is 0.250 e. The molecule has 4 rings (SSSR count). The number of thioether (sulfide) groups is 1. The number of rotatable bonds is 7. The fourth-order valence-electron chi connectivity index (χ4n) is 3.37. The van der Waals surface area contributed by atoms with Crippen LogP contribution in [0.4, 0.5) is 0 Å². The summed E-state index contributed by atoms with van der Waals surface area (Å²) in [6.07, 6.45) is 1.61. The second-order valence-corrected chi connectivity index (χ2v) is 10.8. The van der Waals surface area contributed by atoms with Gasteiger partial charge < -0.3 is 0 Å². The van der Waals surface area contributed by atoms with Crippen molar-refractivity contribution in [2.24, 2.45) is 5.10 Å². The molecule has 0 unspecified atom stereocenters. The van der Waals surface area contributed by atoms with Gasteiger partial charge in [-0.2, -0.15) is 5.10 Å². The van der Waals surface area contributed by atoms with Crippen LogP contribution < -0.4 is 5.43 Å². The molecule has 1 amide bonds. The third kappa shape index (κ3) is 6.46. The zero-order valence-corrected chi connectivity index (χ0v) is 22.2. The van der Waals surface area contributed by atoms with Crippen molar-refractivity contribution in [3.05, 3.63) is 94.5 Å². The van der Waals surface area contributed by atoms with E-state index in [1.54, 1.807) is 6.21 Å². The van der Waals surface area contributed by atoms with Crippen LogP contribution in [0.15, 0.2) is 93.6 Å². The van der Waals surface area contributed by atoms with Gasteiger partial charge in [0.2, 0.25) is 0 Å². The fourth-order valence-corrected chi connectivity index (χ4v) is 4.38. The number of nitrogens with zero attached hydrogens (tertiary/aromatic N) is 4. The van der Waals surface area contributed by atoms with Gasteiger partial charge in [-0.25, -0.2) is 5.43 Å². The van der Waals surface area contributed by atoms with Crippen molar-refractivity contribution in [1.29, 1.82) is 0 Å². The SMILES string of the molecule is CC(C)(C)c1ccc(-c2nnc(SCC(=O)NN=Cc3ccc(Br)cc3)n2-c2ccccc2)cc1. The van der Waals surface area contributed by atoms with Gasteiger partial charge in [0.15, 0.2) is 11.0 Å². The highest BCUT2D eigenvalue weighted by atomic mass is 79.9. The van der Waals surface area contributed by atoms with E-state index in [4.69, 9.17) is 0 Å². The summed E-state index contributed by atoms with van der Waals surface area (Å²) in [6, 6.07) is 26.0. The zero-order valence-electron chi connectivity index (χ0n) is 19.8. The van der Waals surface area contributed by atoms with Crippen LogP contribution in [-0.4, -0.2) is 32.6 Å². The minimum absolute atomic E-state index is 0.0693. The molecule has 4 aromatic rings. The number of hydrogen-bond donors (Lipinski definition) is 1. The summed E-state index contributed by atoms with van der Waals surface area (Å²) < 4.78 is 2.97. The van der Waals surface area contributed by atoms with E-state index in [1.165, 1.54) is 17.3 Å². The van der Waals surface area contributed by atoms with E-state index in [2.05, 4.69) is 81.7 Å². The number of carbonyl (C=O) groups is 1. The van der Waals surface area contributed by atoms with Gasteiger partial charge in [-0.1, -0.05) is 103 Å². The predicted octanol–water partition coefficient (Wildman–Crippen LogP) is 6.24. The molecule has 0 saturated carbocycles. The molecule has 0 aliphatic carbocycles. The standard InChI is InChI=1S/C27H26BrN5OS/c1-27(2,3)21-13-11-20(12-14-21)25-31-32-26(33(25)23-7-5-4-6-8-23)35-18-24(34)30-29-17-19-9-15-22(28)16-10-19/h4-17H,18H2,1-3H3,(H,30,34). The van der Waals surface area contributed by atoms with Crippen LogP contribution in [0.5, 0.6) is 0 Å². The number of hydrazone groups is 1. The summed E-state index contributed by atoms with van der Waals surface area (Å²) in [4.78, 5) is 12.4. The highest BCUT2D eigenvalue weighted by Crippen LogP contribution is 2.30. The van der Waals surface area contributed by atoms with E-state index in [9.17, 15) is 4.79 Å². The first kappa shape index (κ1) is 24.9. The second kappa shape index (κ2) is 11.0. The maximum Gasteiger partial charge on any atom is 0.250 e. The Balaban J connectivity index is 1.51. The van der Waals surface area contributed by atoms with E-state index >= 15 is 0 Å². The highest BCUT2D eigenvalue weighted by molar-refractivity contribution is 9.10. The highest BCUT2D eigenvalue weighted by Gasteiger charge is 2.19. The van der Waals surface area contributed by atoms with Gasteiger partial charge in [0, 0.05) is 15.7 Å². The lowest BCUT2D eigenvalue weighted by Gasteiger charge is -2.19. The van der Waals surface area contributed by atoms with E-state index in [-0.39, 0.29) is 17.1 Å². The molecule has 178 valence electrons. The minimum atomic E-state index is -0.220. The normalized spacial score (nSPS) is 11.7. The lowest BCUT2D eigenvalue weighted by Crippen LogP contribution is -2.20. The zero-order chi connectivity index (χ0) is 24.8. The molecule has 0 spiro atoms. The molecule has 8 heteroatoms. The van der Waals surface area contributed by atoms with Gasteiger partial charge in [0.1, 0.15) is 0 Å². The number of aromatic nitrogens is 3. The Hall–Kier alpha value is -3.23. The van der Waals surface area contributed by atoms with Crippen LogP contribution in [0.25, 0.3) is 17.1 Å². The van der Waals surface area contributed by atoms with Crippen molar-refractivity contribution >= 4 is 39.8 Å². The molecule has 1 heterocycles. The molecular formula is C27H26BrN5OS. The molecule has 0 radical (unpaired) electrons. The Morgan fingerprint density at radius 1 is 1.00 bits per heavy atom. The third-order valence-corrected chi connectivity index (χ3v) is 6.72. The van der Waals surface area contributed by atoms with Crippen molar-refractivity contribution in [3.63, 3.8) is 0 Å². The summed E-state index contributed by atoms with van der Waals surface area (Å²) in [5, 5.41) is 13.6. The summed E-state index contributed by atoms with van der Waals surface area (Å²) in [5.74, 6) is 0.667. The van der Waals surface area contributed by atoms with Gasteiger partial charge in [-0.05, 0) is 40.8 Å². The van der Waals surface area contributed by atoms with Crippen LogP contribution in [0.3, 0.4) is 0 Å². The minimum Gasteiger partial charge on any atom is -0.272 e. The molecule has 6 nitrogen and oxygen atoms in total. The summed E-state index contributed by atoms with van der Waals surface area (Å²) in [6.45, 7) is 6.58. The Morgan fingerprint density at radius 2 is 1.69 bits per heavy atom. The molecule has 0 fully saturated rings. The molecule has 0 saturated heterocycles. The monoisotopic (exact) mass is 547 g/mol. The molecule has 1 aromatic heterocycles. The largest absolute Gasteiger partial charge is 0.272 e. The number of amides is 1. The number of benzene rings is 3. The van der Waals surface area contributed by atoms with Crippen molar-refractivity contribution in [3.8, 4) is 17.1 Å². The Kier molecular flexibility index (Phi) is 7.83. The van der Waals surface area contributed by atoms with E-state index in [1.807, 2.05) is 59.2 Å². The lowest BCUT2D eigenvalue weighted by atomic mass is 9.87. The van der Waals surface area contributed by atoms with Crippen LogP contribution in [0, 0.1) is 0 Å². The molecule has 3 aromatic carbocycles. The maximum atomic E-state index is 12.4. The molecule has 0 aliphatic rings. The van der Waals surface area contributed by atoms with Gasteiger partial charge >= 0.3 is 0 Å². The summed E-state index contributed by atoms with van der Waals surface area (Å²) in [7, 11) is 0. The van der Waals surface area contributed by atoms with E-state index in [0.717, 1.165) is 27.1 Å². The van der Waals surface area contributed by atoms with Crippen LogP contribution in [-0.2, 0) is 10.2 Å². The fraction of sp³-hybridized carbons (Fsp3) is 0.185. The summed E-state index contributed by atoms with van der Waals surface area (Å²) in [5.41, 5.74) is 6.69. The van der Waals surface area contributed by atoms with Gasteiger partial charge in [0.25, 0.3) is 5.91 Å². The number of nitrogens with one attached hydrogen (secondary N) is 1. The molecule has 1 N–H and O–H groups in total. The Morgan fingerprint density at radius 3 is 2.34 bits per heavy atom. The number of hydrogen-bond acceptors (Lipinski definition) is 5. The molecule has 0 aliphatic heterocycles. The first-order valence-electron chi connectivity index (χ1n) is 11.1. The van der Waals surface area contributed by atoms with Crippen LogP contribution in [0.1, 0.15) is 31.9 Å². The Labute approximate surface area is 218 Å². The van der Waals surface area contributed by atoms with E-state index < -0.39 is 0 Å². The van der Waals surface area contributed by atoms with Crippen LogP contribution >= 0.6 is 27.7 Å². The van der Waals surface area contributed by atoms with Gasteiger partial charge in [-0.3, -0.25) is 9.36 Å². The van der Waals surface area contributed by atoms with E-state index in [0.29, 0.717) is 5.16 Å². The number of para-hydroxylation sites is 1. The molecular weight excluding hydrogens is 522 g/mol. The van der Waals surface area contributed by atoms with Crippen molar-refractivity contribution in [1.82, 2.24) is 20.2 Å². The maximum absolute atomic E-state index is 12.4. The second-order valence-electron chi connectivity index (χ2n) is 8.94. The lowest BCUT2D eigenvalue weighted by molar-refractivity contribution is -0.118. The van der Waals surface area contributed by atoms with Crippen molar-refractivity contribution < 1.29 is 4.79 Å². The van der Waals surface area contributed by atoms with Gasteiger partial charge in [-0.15, -0.1) is 10.2 Å². The first-order valence-corrected chi connectivity index (χ1v) is 12.9. The quantitative estimate of drug-likeness (QED) is 0.169. The van der Waals surface area contributed by atoms with Gasteiger partial charge in [0.05, 0.1) is 12.0 Å². The van der Waals surface area contributed by atoms with Crippen LogP contribution in [0.2, 0.25) is 0 Å². The third-order valence-electron chi connectivity index (χ3n) is 5.26. The Bertz CT molecular complexity index is 1310. The molecule has 35 heavy (non-hydrogen) atoms. The summed E-state index contributed by atoms with van der Waals surface area (Å²) >= 11 is 4.72. The average molecular weight is 549 g/mol. The number of carbonyl (C=O) groups excluding carboxylic acids is 1. The average Bonchev–Trinajstić information content (AvgIpc) is 3.28. The molecule has 0 atom stereocenters. The topological polar surface area (TPSA) is 72.2 Å². The molecule has 0 bridgehead atoms.